The van der Waals surface area contributed by atoms with Gasteiger partial charge in [-0.3, -0.25) is 0 Å². The average Bonchev–Trinajstić information content (AvgIpc) is 3.08. The van der Waals surface area contributed by atoms with Gasteiger partial charge in [0.15, 0.2) is 5.01 Å². The maximum absolute atomic E-state index is 5.68. The minimum Gasteiger partial charge on any atom is -0.378 e. The number of nitrogens with two attached hydrogens (primary N) is 1. The van der Waals surface area contributed by atoms with Crippen molar-refractivity contribution < 1.29 is 9.47 Å². The quantitative estimate of drug-likeness (QED) is 0.932. The normalized spacial score (nSPS) is 19.1. The number of rotatable bonds is 4. The molecule has 1 aliphatic heterocycles. The smallest absolute Gasteiger partial charge is 0.203 e. The van der Waals surface area contributed by atoms with E-state index in [0.29, 0.717) is 11.7 Å². The summed E-state index contributed by atoms with van der Waals surface area (Å²) >= 11 is 2.97. The third-order valence-electron chi connectivity index (χ3n) is 2.83. The molecule has 1 fully saturated rings. The molecule has 1 aliphatic rings. The van der Waals surface area contributed by atoms with Crippen LogP contribution >= 0.6 is 22.7 Å². The van der Waals surface area contributed by atoms with Crippen LogP contribution in [0.2, 0.25) is 0 Å². The lowest BCUT2D eigenvalue weighted by Gasteiger charge is -2.03. The predicted molar refractivity (Wildman–Crippen MR) is 74.1 cm³/mol. The number of nitrogen functional groups attached to an aromatic ring is 1. The molecule has 1 saturated heterocycles. The van der Waals surface area contributed by atoms with Crippen molar-refractivity contribution in [1.29, 1.82) is 0 Å². The standard InChI is InChI=1S/C11H14N4O2S2/c1-16-5-6-8(10-14-15-11(12)19-10)18-9(13-6)7-3-2-4-17-7/h7H,2-5H2,1H3,(H2,12,15). The molecule has 102 valence electrons. The Hall–Kier alpha value is -1.09. The highest BCUT2D eigenvalue weighted by molar-refractivity contribution is 7.23. The van der Waals surface area contributed by atoms with E-state index in [4.69, 9.17) is 15.2 Å². The van der Waals surface area contributed by atoms with Crippen LogP contribution in [0.3, 0.4) is 0 Å². The van der Waals surface area contributed by atoms with E-state index < -0.39 is 0 Å². The minimum atomic E-state index is 0.111. The van der Waals surface area contributed by atoms with E-state index in [1.54, 1.807) is 18.4 Å². The van der Waals surface area contributed by atoms with Gasteiger partial charge in [0.2, 0.25) is 5.13 Å². The minimum absolute atomic E-state index is 0.111. The number of thiazole rings is 1. The summed E-state index contributed by atoms with van der Waals surface area (Å²) in [5.74, 6) is 0. The first-order chi connectivity index (χ1) is 9.28. The second kappa shape index (κ2) is 5.49. The molecule has 8 heteroatoms. The second-order valence-electron chi connectivity index (χ2n) is 4.21. The first-order valence-electron chi connectivity index (χ1n) is 5.97. The zero-order valence-electron chi connectivity index (χ0n) is 10.5. The predicted octanol–water partition coefficient (Wildman–Crippen LogP) is 2.24. The molecule has 0 aliphatic carbocycles. The van der Waals surface area contributed by atoms with Crippen LogP contribution in [0.25, 0.3) is 9.88 Å². The second-order valence-corrected chi connectivity index (χ2v) is 6.25. The molecule has 2 aromatic rings. The average molecular weight is 298 g/mol. The van der Waals surface area contributed by atoms with Gasteiger partial charge in [-0.1, -0.05) is 11.3 Å². The summed E-state index contributed by atoms with van der Waals surface area (Å²) in [4.78, 5) is 5.62. The molecule has 6 nitrogen and oxygen atoms in total. The summed E-state index contributed by atoms with van der Waals surface area (Å²) in [6.45, 7) is 1.27. The molecule has 0 bridgehead atoms. The van der Waals surface area contributed by atoms with Crippen molar-refractivity contribution >= 4 is 27.8 Å². The van der Waals surface area contributed by atoms with Crippen LogP contribution in [0.1, 0.15) is 29.6 Å². The molecule has 2 N–H and O–H groups in total. The van der Waals surface area contributed by atoms with Gasteiger partial charge in [0, 0.05) is 13.7 Å². The van der Waals surface area contributed by atoms with Gasteiger partial charge in [-0.05, 0) is 12.8 Å². The third kappa shape index (κ3) is 2.62. The summed E-state index contributed by atoms with van der Waals surface area (Å²) in [5.41, 5.74) is 6.53. The van der Waals surface area contributed by atoms with Crippen molar-refractivity contribution in [2.75, 3.05) is 19.5 Å². The molecular weight excluding hydrogens is 284 g/mol. The molecule has 0 amide bonds. The molecule has 0 saturated carbocycles. The molecule has 19 heavy (non-hydrogen) atoms. The number of aromatic nitrogens is 3. The van der Waals surface area contributed by atoms with Crippen LogP contribution < -0.4 is 5.73 Å². The first-order valence-corrected chi connectivity index (χ1v) is 7.60. The van der Waals surface area contributed by atoms with E-state index >= 15 is 0 Å². The van der Waals surface area contributed by atoms with Crippen LogP contribution in [0.15, 0.2) is 0 Å². The highest BCUT2D eigenvalue weighted by Gasteiger charge is 2.25. The third-order valence-corrected chi connectivity index (χ3v) is 4.93. The Morgan fingerprint density at radius 1 is 1.42 bits per heavy atom. The van der Waals surface area contributed by atoms with Crippen molar-refractivity contribution in [3.63, 3.8) is 0 Å². The van der Waals surface area contributed by atoms with Crippen molar-refractivity contribution in [2.24, 2.45) is 0 Å². The first kappa shape index (κ1) is 12.9. The summed E-state index contributed by atoms with van der Waals surface area (Å²) in [7, 11) is 1.66. The summed E-state index contributed by atoms with van der Waals surface area (Å²) < 4.78 is 10.9. The van der Waals surface area contributed by atoms with E-state index in [1.807, 2.05) is 0 Å². The maximum atomic E-state index is 5.68. The zero-order chi connectivity index (χ0) is 13.2. The largest absolute Gasteiger partial charge is 0.378 e. The monoisotopic (exact) mass is 298 g/mol. The fraction of sp³-hybridized carbons (Fsp3) is 0.545. The lowest BCUT2D eigenvalue weighted by atomic mass is 10.2. The van der Waals surface area contributed by atoms with E-state index in [-0.39, 0.29) is 6.10 Å². The van der Waals surface area contributed by atoms with Gasteiger partial charge in [-0.15, -0.1) is 21.5 Å². The molecule has 2 aromatic heterocycles. The van der Waals surface area contributed by atoms with E-state index in [2.05, 4.69) is 15.2 Å². The number of anilines is 1. The number of hydrogen-bond donors (Lipinski definition) is 1. The van der Waals surface area contributed by atoms with Crippen molar-refractivity contribution in [3.8, 4) is 9.88 Å². The number of nitrogens with zero attached hydrogens (tertiary/aromatic N) is 3. The molecule has 3 heterocycles. The Morgan fingerprint density at radius 2 is 2.32 bits per heavy atom. The molecule has 0 radical (unpaired) electrons. The molecule has 0 spiro atoms. The molecule has 0 aromatic carbocycles. The lowest BCUT2D eigenvalue weighted by molar-refractivity contribution is 0.111. The van der Waals surface area contributed by atoms with Crippen LogP contribution in [0.4, 0.5) is 5.13 Å². The van der Waals surface area contributed by atoms with Crippen LogP contribution in [0, 0.1) is 0 Å². The number of hydrogen-bond acceptors (Lipinski definition) is 8. The van der Waals surface area contributed by atoms with Gasteiger partial charge >= 0.3 is 0 Å². The van der Waals surface area contributed by atoms with Crippen LogP contribution in [0.5, 0.6) is 0 Å². The van der Waals surface area contributed by atoms with Crippen molar-refractivity contribution in [1.82, 2.24) is 15.2 Å². The highest BCUT2D eigenvalue weighted by atomic mass is 32.1. The SMILES string of the molecule is COCc1nc(C2CCCO2)sc1-c1nnc(N)s1. The topological polar surface area (TPSA) is 83.2 Å². The summed E-state index contributed by atoms with van der Waals surface area (Å²) in [5, 5.41) is 10.2. The Morgan fingerprint density at radius 3 is 2.95 bits per heavy atom. The molecular formula is C11H14N4O2S2. The van der Waals surface area contributed by atoms with E-state index in [1.165, 1.54) is 11.3 Å². The number of methoxy groups -OCH3 is 1. The fourth-order valence-corrected chi connectivity index (χ4v) is 3.86. The molecule has 3 rings (SSSR count). The van der Waals surface area contributed by atoms with Gasteiger partial charge in [0.25, 0.3) is 0 Å². The van der Waals surface area contributed by atoms with Gasteiger partial charge in [-0.25, -0.2) is 4.98 Å². The Kier molecular flexibility index (Phi) is 3.74. The van der Waals surface area contributed by atoms with E-state index in [0.717, 1.165) is 40.0 Å². The molecule has 1 atom stereocenters. The van der Waals surface area contributed by atoms with Gasteiger partial charge in [0.1, 0.15) is 11.1 Å². The van der Waals surface area contributed by atoms with Gasteiger partial charge in [0.05, 0.1) is 17.2 Å². The van der Waals surface area contributed by atoms with Gasteiger partial charge < -0.3 is 15.2 Å². The Labute approximate surface area is 118 Å². The van der Waals surface area contributed by atoms with Crippen LogP contribution in [-0.4, -0.2) is 28.9 Å². The summed E-state index contributed by atoms with van der Waals surface area (Å²) in [6.07, 6.45) is 2.22. The fourth-order valence-electron chi connectivity index (χ4n) is 2.01. The van der Waals surface area contributed by atoms with E-state index in [9.17, 15) is 0 Å². The molecule has 1 unspecified atom stereocenters. The van der Waals surface area contributed by atoms with Crippen molar-refractivity contribution in [3.05, 3.63) is 10.7 Å². The summed E-state index contributed by atoms with van der Waals surface area (Å²) in [6, 6.07) is 0. The van der Waals surface area contributed by atoms with Gasteiger partial charge in [-0.2, -0.15) is 0 Å². The highest BCUT2D eigenvalue weighted by Crippen LogP contribution is 2.39. The Balaban J connectivity index is 1.96. The number of ether oxygens (including phenoxy) is 2. The zero-order valence-corrected chi connectivity index (χ0v) is 12.1. The maximum Gasteiger partial charge on any atom is 0.203 e. The van der Waals surface area contributed by atoms with Crippen molar-refractivity contribution in [2.45, 2.75) is 25.6 Å². The Bertz CT molecular complexity index is 563. The lowest BCUT2D eigenvalue weighted by Crippen LogP contribution is -1.96. The van der Waals surface area contributed by atoms with Crippen LogP contribution in [-0.2, 0) is 16.1 Å².